The van der Waals surface area contributed by atoms with Crippen LogP contribution < -0.4 is 0 Å². The minimum Gasteiger partial charge on any atom is -0.328 e. The number of aromatic nitrogens is 4. The molecular weight excluding hydrogens is 310 g/mol. The highest BCUT2D eigenvalue weighted by Gasteiger charge is 2.29. The Morgan fingerprint density at radius 1 is 1.00 bits per heavy atom. The van der Waals surface area contributed by atoms with Crippen molar-refractivity contribution < 1.29 is 0 Å². The summed E-state index contributed by atoms with van der Waals surface area (Å²) in [7, 11) is 0. The van der Waals surface area contributed by atoms with Crippen molar-refractivity contribution in [2.45, 2.75) is 38.9 Å². The van der Waals surface area contributed by atoms with Crippen LogP contribution in [0.5, 0.6) is 0 Å². The smallest absolute Gasteiger partial charge is 0.123 e. The fourth-order valence-electron chi connectivity index (χ4n) is 3.66. The number of aryl methyl sites for hydroxylation is 1. The van der Waals surface area contributed by atoms with Crippen LogP contribution in [0, 0.1) is 6.92 Å². The summed E-state index contributed by atoms with van der Waals surface area (Å²) in [5, 5.41) is 0. The molecule has 0 spiro atoms. The molecule has 25 heavy (non-hydrogen) atoms. The van der Waals surface area contributed by atoms with E-state index >= 15 is 0 Å². The van der Waals surface area contributed by atoms with Crippen molar-refractivity contribution >= 4 is 0 Å². The molecule has 128 valence electrons. The molecule has 0 amide bonds. The number of pyridine rings is 2. The van der Waals surface area contributed by atoms with Crippen LogP contribution in [-0.2, 0) is 13.1 Å². The van der Waals surface area contributed by atoms with Crippen LogP contribution >= 0.6 is 0 Å². The van der Waals surface area contributed by atoms with Crippen LogP contribution in [0.2, 0.25) is 0 Å². The molecule has 5 nitrogen and oxygen atoms in total. The predicted octanol–water partition coefficient (Wildman–Crippen LogP) is 3.37. The molecule has 5 heteroatoms. The van der Waals surface area contributed by atoms with Gasteiger partial charge in [-0.1, -0.05) is 12.1 Å². The van der Waals surface area contributed by atoms with Gasteiger partial charge in [0.05, 0.1) is 30.5 Å². The largest absolute Gasteiger partial charge is 0.328 e. The molecule has 4 rings (SSSR count). The maximum Gasteiger partial charge on any atom is 0.123 e. The van der Waals surface area contributed by atoms with Gasteiger partial charge in [-0.2, -0.15) is 0 Å². The van der Waals surface area contributed by atoms with Crippen molar-refractivity contribution in [1.29, 1.82) is 0 Å². The van der Waals surface area contributed by atoms with Gasteiger partial charge in [0.15, 0.2) is 0 Å². The Balaban J connectivity index is 1.52. The van der Waals surface area contributed by atoms with Crippen LogP contribution in [-0.4, -0.2) is 31.0 Å². The fraction of sp³-hybridized carbons (Fsp3) is 0.350. The number of hydrogen-bond acceptors (Lipinski definition) is 4. The summed E-state index contributed by atoms with van der Waals surface area (Å²) in [4.78, 5) is 16.2. The summed E-state index contributed by atoms with van der Waals surface area (Å²) in [5.74, 6) is 1.09. The minimum absolute atomic E-state index is 0.390. The third-order valence-corrected chi connectivity index (χ3v) is 4.93. The maximum absolute atomic E-state index is 4.65. The molecule has 3 aromatic rings. The quantitative estimate of drug-likeness (QED) is 0.718. The molecule has 3 aromatic heterocycles. The molecule has 4 heterocycles. The zero-order chi connectivity index (χ0) is 17.1. The Bertz CT molecular complexity index is 827. The highest BCUT2D eigenvalue weighted by atomic mass is 15.2. The Morgan fingerprint density at radius 3 is 2.76 bits per heavy atom. The molecule has 1 aliphatic rings. The second kappa shape index (κ2) is 7.15. The fourth-order valence-corrected chi connectivity index (χ4v) is 3.66. The van der Waals surface area contributed by atoms with E-state index in [4.69, 9.17) is 0 Å². The molecule has 0 aliphatic carbocycles. The van der Waals surface area contributed by atoms with Gasteiger partial charge in [-0.3, -0.25) is 14.9 Å². The van der Waals surface area contributed by atoms with Gasteiger partial charge >= 0.3 is 0 Å². The molecule has 1 aliphatic heterocycles. The van der Waals surface area contributed by atoms with E-state index in [1.54, 1.807) is 0 Å². The minimum atomic E-state index is 0.390. The Kier molecular flexibility index (Phi) is 4.57. The van der Waals surface area contributed by atoms with E-state index in [1.165, 1.54) is 24.1 Å². The Hall–Kier alpha value is -2.53. The lowest BCUT2D eigenvalue weighted by atomic mass is 10.1. The first-order valence-electron chi connectivity index (χ1n) is 8.87. The molecule has 0 saturated carbocycles. The number of likely N-dealkylation sites (tertiary alicyclic amines) is 1. The lowest BCUT2D eigenvalue weighted by Crippen LogP contribution is -2.26. The van der Waals surface area contributed by atoms with Crippen LogP contribution in [0.3, 0.4) is 0 Å². The van der Waals surface area contributed by atoms with Crippen molar-refractivity contribution in [3.8, 4) is 0 Å². The van der Waals surface area contributed by atoms with Gasteiger partial charge in [-0.25, -0.2) is 4.98 Å². The molecule has 0 bridgehead atoms. The van der Waals surface area contributed by atoms with Gasteiger partial charge in [-0.15, -0.1) is 0 Å². The van der Waals surface area contributed by atoms with Crippen molar-refractivity contribution in [1.82, 2.24) is 24.4 Å². The van der Waals surface area contributed by atoms with E-state index in [2.05, 4.69) is 43.5 Å². The maximum atomic E-state index is 4.65. The normalized spacial score (nSPS) is 17.9. The van der Waals surface area contributed by atoms with Crippen molar-refractivity contribution in [3.63, 3.8) is 0 Å². The van der Waals surface area contributed by atoms with Crippen molar-refractivity contribution in [2.75, 3.05) is 6.54 Å². The lowest BCUT2D eigenvalue weighted by molar-refractivity contribution is 0.234. The third kappa shape index (κ3) is 3.46. The van der Waals surface area contributed by atoms with Crippen LogP contribution in [0.4, 0.5) is 0 Å². The van der Waals surface area contributed by atoms with Crippen LogP contribution in [0.15, 0.2) is 55.1 Å². The predicted molar refractivity (Wildman–Crippen MR) is 96.9 cm³/mol. The number of rotatable bonds is 5. The number of hydrogen-bond donors (Lipinski definition) is 0. The topological polar surface area (TPSA) is 46.8 Å². The summed E-state index contributed by atoms with van der Waals surface area (Å²) in [5.41, 5.74) is 3.54. The molecule has 1 saturated heterocycles. The lowest BCUT2D eigenvalue weighted by Gasteiger charge is -2.25. The van der Waals surface area contributed by atoms with E-state index in [0.717, 1.165) is 31.2 Å². The first-order valence-corrected chi connectivity index (χ1v) is 8.87. The zero-order valence-corrected chi connectivity index (χ0v) is 14.5. The number of nitrogens with zero attached hydrogens (tertiary/aromatic N) is 5. The molecule has 1 fully saturated rings. The summed E-state index contributed by atoms with van der Waals surface area (Å²) in [6.07, 6.45) is 10.0. The molecular formula is C20H23N5. The Labute approximate surface area is 148 Å². The average molecular weight is 333 g/mol. The van der Waals surface area contributed by atoms with Gasteiger partial charge in [0.2, 0.25) is 0 Å². The molecule has 0 radical (unpaired) electrons. The SMILES string of the molecule is Cc1cccnc1C1CCCN1Cc1nccn1Cc1ccccn1. The van der Waals surface area contributed by atoms with Gasteiger partial charge in [-0.05, 0) is 50.1 Å². The summed E-state index contributed by atoms with van der Waals surface area (Å²) in [6.45, 7) is 4.86. The van der Waals surface area contributed by atoms with Gasteiger partial charge in [0, 0.05) is 24.8 Å². The highest BCUT2D eigenvalue weighted by molar-refractivity contribution is 5.22. The highest BCUT2D eigenvalue weighted by Crippen LogP contribution is 2.33. The van der Waals surface area contributed by atoms with Gasteiger partial charge < -0.3 is 4.57 Å². The van der Waals surface area contributed by atoms with E-state index < -0.39 is 0 Å². The molecule has 1 unspecified atom stereocenters. The van der Waals surface area contributed by atoms with Crippen LogP contribution in [0.1, 0.15) is 41.7 Å². The zero-order valence-electron chi connectivity index (χ0n) is 14.5. The second-order valence-corrected chi connectivity index (χ2v) is 6.63. The van der Waals surface area contributed by atoms with Gasteiger partial charge in [0.1, 0.15) is 5.82 Å². The second-order valence-electron chi connectivity index (χ2n) is 6.63. The summed E-state index contributed by atoms with van der Waals surface area (Å²) >= 11 is 0. The number of imidazole rings is 1. The van der Waals surface area contributed by atoms with E-state index in [-0.39, 0.29) is 0 Å². The monoisotopic (exact) mass is 333 g/mol. The summed E-state index contributed by atoms with van der Waals surface area (Å²) < 4.78 is 2.20. The van der Waals surface area contributed by atoms with Crippen molar-refractivity contribution in [3.05, 3.63) is 77.9 Å². The standard InChI is InChI=1S/C20H23N5/c1-16-6-4-10-23-20(16)18-8-5-12-24(18)15-19-22-11-13-25(19)14-17-7-2-3-9-21-17/h2-4,6-7,9-11,13,18H,5,8,12,14-15H2,1H3. The summed E-state index contributed by atoms with van der Waals surface area (Å²) in [6, 6.07) is 10.6. The molecule has 0 aromatic carbocycles. The first-order chi connectivity index (χ1) is 12.3. The van der Waals surface area contributed by atoms with Gasteiger partial charge in [0.25, 0.3) is 0 Å². The van der Waals surface area contributed by atoms with E-state index in [9.17, 15) is 0 Å². The molecule has 0 N–H and O–H groups in total. The van der Waals surface area contributed by atoms with E-state index in [0.29, 0.717) is 6.04 Å². The molecule has 1 atom stereocenters. The van der Waals surface area contributed by atoms with E-state index in [1.807, 2.05) is 43.0 Å². The first kappa shape index (κ1) is 16.0. The average Bonchev–Trinajstić information content (AvgIpc) is 3.27. The van der Waals surface area contributed by atoms with Crippen molar-refractivity contribution in [2.24, 2.45) is 0 Å². The van der Waals surface area contributed by atoms with Crippen LogP contribution in [0.25, 0.3) is 0 Å². The third-order valence-electron chi connectivity index (χ3n) is 4.93. The Morgan fingerprint density at radius 2 is 1.92 bits per heavy atom.